The maximum Gasteiger partial charge on any atom is 0.172 e. The van der Waals surface area contributed by atoms with Crippen molar-refractivity contribution in [3.05, 3.63) is 16.9 Å². The number of benzene rings is 1. The third-order valence-corrected chi connectivity index (χ3v) is 3.57. The van der Waals surface area contributed by atoms with Crippen LogP contribution in [0.5, 0.6) is 17.2 Å². The monoisotopic (exact) mass is 315 g/mol. The van der Waals surface area contributed by atoms with E-state index >= 15 is 0 Å². The molecule has 0 aromatic heterocycles. The molecule has 6 heteroatoms. The van der Waals surface area contributed by atoms with Gasteiger partial charge in [0.1, 0.15) is 0 Å². The first-order valence-electron chi connectivity index (χ1n) is 7.60. The number of hydrogen-bond acceptors (Lipinski definition) is 5. The number of ether oxygens (including phenoxy) is 1. The van der Waals surface area contributed by atoms with Crippen molar-refractivity contribution in [1.82, 2.24) is 4.90 Å². The molecule has 0 spiro atoms. The van der Waals surface area contributed by atoms with Crippen molar-refractivity contribution in [1.29, 1.82) is 0 Å². The molecule has 2 unspecified atom stereocenters. The largest absolute Gasteiger partial charge is 0.504 e. The molecule has 1 aliphatic rings. The highest BCUT2D eigenvalue weighted by molar-refractivity contribution is 5.56. The summed E-state index contributed by atoms with van der Waals surface area (Å²) in [4.78, 5) is 1.95. The topological polar surface area (TPSA) is 73.2 Å². The van der Waals surface area contributed by atoms with Gasteiger partial charge in [-0.3, -0.25) is 4.90 Å². The molecule has 2 rings (SSSR count). The standard InChI is InChI=1S/C14H20FNO4.C2H6/c1-7-4-16(5-8(2)20-7)6-10-13(18)11(15)9(3)12(17)14(10)19;1-2/h7-8,17-19H,4-6H2,1-3H3;1-2H3. The van der Waals surface area contributed by atoms with Crippen molar-refractivity contribution < 1.29 is 24.4 Å². The maximum absolute atomic E-state index is 13.8. The molecule has 3 N–H and O–H groups in total. The fraction of sp³-hybridized carbons (Fsp3) is 0.625. The molecule has 1 fully saturated rings. The van der Waals surface area contributed by atoms with Gasteiger partial charge < -0.3 is 20.1 Å². The minimum Gasteiger partial charge on any atom is -0.504 e. The van der Waals surface area contributed by atoms with Gasteiger partial charge in [0.2, 0.25) is 0 Å². The van der Waals surface area contributed by atoms with E-state index in [1.54, 1.807) is 0 Å². The maximum atomic E-state index is 13.8. The molecule has 2 atom stereocenters. The Morgan fingerprint density at radius 2 is 1.55 bits per heavy atom. The summed E-state index contributed by atoms with van der Waals surface area (Å²) in [6, 6.07) is 0. The minimum absolute atomic E-state index is 0.00639. The molecule has 1 saturated heterocycles. The molecule has 126 valence electrons. The van der Waals surface area contributed by atoms with Crippen LogP contribution >= 0.6 is 0 Å². The van der Waals surface area contributed by atoms with Crippen molar-refractivity contribution in [3.8, 4) is 17.2 Å². The number of hydrogen-bond donors (Lipinski definition) is 3. The second kappa shape index (κ2) is 7.65. The fourth-order valence-corrected chi connectivity index (χ4v) is 2.63. The van der Waals surface area contributed by atoms with E-state index in [9.17, 15) is 19.7 Å². The molecule has 0 aliphatic carbocycles. The molecule has 1 aromatic rings. The van der Waals surface area contributed by atoms with E-state index in [-0.39, 0.29) is 29.9 Å². The van der Waals surface area contributed by atoms with Crippen LogP contribution in [0.1, 0.15) is 38.8 Å². The molecule has 0 bridgehead atoms. The lowest BCUT2D eigenvalue weighted by molar-refractivity contribution is -0.0707. The van der Waals surface area contributed by atoms with E-state index in [4.69, 9.17) is 4.74 Å². The number of morpholine rings is 1. The Morgan fingerprint density at radius 1 is 1.05 bits per heavy atom. The van der Waals surface area contributed by atoms with Gasteiger partial charge in [0.25, 0.3) is 0 Å². The van der Waals surface area contributed by atoms with Crippen molar-refractivity contribution >= 4 is 0 Å². The van der Waals surface area contributed by atoms with E-state index in [0.717, 1.165) is 0 Å². The molecule has 1 heterocycles. The molecular formula is C16H26FNO4. The average molecular weight is 315 g/mol. The van der Waals surface area contributed by atoms with Crippen LogP contribution in [0.3, 0.4) is 0 Å². The first kappa shape index (κ1) is 18.5. The van der Waals surface area contributed by atoms with Gasteiger partial charge in [-0.05, 0) is 20.8 Å². The zero-order chi connectivity index (χ0) is 17.0. The normalized spacial score (nSPS) is 22.1. The Morgan fingerprint density at radius 3 is 2.05 bits per heavy atom. The summed E-state index contributed by atoms with van der Waals surface area (Å²) >= 11 is 0. The minimum atomic E-state index is -0.898. The van der Waals surface area contributed by atoms with Gasteiger partial charge in [0.15, 0.2) is 23.1 Å². The quantitative estimate of drug-likeness (QED) is 0.578. The van der Waals surface area contributed by atoms with Crippen molar-refractivity contribution in [2.45, 2.75) is 53.4 Å². The average Bonchev–Trinajstić information content (AvgIpc) is 2.49. The first-order valence-corrected chi connectivity index (χ1v) is 7.60. The Bertz CT molecular complexity index is 482. The Labute approximate surface area is 131 Å². The highest BCUT2D eigenvalue weighted by Gasteiger charge is 2.27. The van der Waals surface area contributed by atoms with Crippen LogP contribution in [0.2, 0.25) is 0 Å². The predicted molar refractivity (Wildman–Crippen MR) is 82.8 cm³/mol. The van der Waals surface area contributed by atoms with Gasteiger partial charge in [-0.2, -0.15) is 0 Å². The smallest absolute Gasteiger partial charge is 0.172 e. The van der Waals surface area contributed by atoms with Crippen LogP contribution in [-0.4, -0.2) is 45.5 Å². The third kappa shape index (κ3) is 3.81. The van der Waals surface area contributed by atoms with Crippen molar-refractivity contribution in [2.75, 3.05) is 13.1 Å². The van der Waals surface area contributed by atoms with Gasteiger partial charge in [-0.1, -0.05) is 13.8 Å². The number of phenolic OH excluding ortho intramolecular Hbond substituents is 3. The molecule has 0 radical (unpaired) electrons. The summed E-state index contributed by atoms with van der Waals surface area (Å²) in [5.74, 6) is -2.49. The first-order chi connectivity index (χ1) is 10.3. The summed E-state index contributed by atoms with van der Waals surface area (Å²) < 4.78 is 19.4. The summed E-state index contributed by atoms with van der Waals surface area (Å²) in [6.07, 6.45) is 0.0406. The zero-order valence-corrected chi connectivity index (χ0v) is 13.9. The van der Waals surface area contributed by atoms with Gasteiger partial charge >= 0.3 is 0 Å². The van der Waals surface area contributed by atoms with Crippen molar-refractivity contribution in [2.24, 2.45) is 0 Å². The van der Waals surface area contributed by atoms with Gasteiger partial charge in [-0.25, -0.2) is 4.39 Å². The highest BCUT2D eigenvalue weighted by atomic mass is 19.1. The molecular weight excluding hydrogens is 289 g/mol. The molecule has 0 saturated carbocycles. The van der Waals surface area contributed by atoms with E-state index < -0.39 is 23.1 Å². The van der Waals surface area contributed by atoms with Crippen LogP contribution in [0.15, 0.2) is 0 Å². The van der Waals surface area contributed by atoms with E-state index in [0.29, 0.717) is 13.1 Å². The van der Waals surface area contributed by atoms with E-state index in [1.807, 2.05) is 32.6 Å². The summed E-state index contributed by atoms with van der Waals surface area (Å²) in [5, 5.41) is 29.4. The van der Waals surface area contributed by atoms with Crippen molar-refractivity contribution in [3.63, 3.8) is 0 Å². The zero-order valence-electron chi connectivity index (χ0n) is 13.9. The third-order valence-electron chi connectivity index (χ3n) is 3.57. The molecule has 0 amide bonds. The van der Waals surface area contributed by atoms with Crippen LogP contribution in [0.4, 0.5) is 4.39 Å². The molecule has 1 aliphatic heterocycles. The Kier molecular flexibility index (Phi) is 6.44. The summed E-state index contributed by atoms with van der Waals surface area (Å²) in [5.41, 5.74) is -0.153. The lowest BCUT2D eigenvalue weighted by atomic mass is 10.1. The van der Waals surface area contributed by atoms with Crippen LogP contribution in [-0.2, 0) is 11.3 Å². The molecule has 5 nitrogen and oxygen atoms in total. The lowest BCUT2D eigenvalue weighted by Gasteiger charge is -2.35. The summed E-state index contributed by atoms with van der Waals surface area (Å²) in [6.45, 7) is 10.5. The summed E-state index contributed by atoms with van der Waals surface area (Å²) in [7, 11) is 0. The van der Waals surface area contributed by atoms with Gasteiger partial charge in [0, 0.05) is 25.2 Å². The number of aromatic hydroxyl groups is 3. The fourth-order valence-electron chi connectivity index (χ4n) is 2.63. The van der Waals surface area contributed by atoms with Crippen LogP contribution in [0.25, 0.3) is 0 Å². The highest BCUT2D eigenvalue weighted by Crippen LogP contribution is 2.41. The SMILES string of the molecule is CC.Cc1c(O)c(O)c(CN2CC(C)OC(C)C2)c(O)c1F. The Balaban J connectivity index is 0.00000116. The molecule has 22 heavy (non-hydrogen) atoms. The number of phenols is 3. The number of nitrogens with zero attached hydrogens (tertiary/aromatic N) is 1. The second-order valence-corrected chi connectivity index (χ2v) is 5.41. The Hall–Kier alpha value is -1.53. The number of halogens is 1. The van der Waals surface area contributed by atoms with Crippen LogP contribution < -0.4 is 0 Å². The second-order valence-electron chi connectivity index (χ2n) is 5.41. The lowest BCUT2D eigenvalue weighted by Crippen LogP contribution is -2.44. The predicted octanol–water partition coefficient (Wildman–Crippen LogP) is 2.89. The van der Waals surface area contributed by atoms with Gasteiger partial charge in [0.05, 0.1) is 17.8 Å². The van der Waals surface area contributed by atoms with E-state index in [2.05, 4.69) is 0 Å². The number of rotatable bonds is 2. The van der Waals surface area contributed by atoms with Crippen LogP contribution in [0, 0.1) is 12.7 Å². The van der Waals surface area contributed by atoms with Gasteiger partial charge in [-0.15, -0.1) is 0 Å². The molecule has 1 aromatic carbocycles. The van der Waals surface area contributed by atoms with E-state index in [1.165, 1.54) is 6.92 Å².